The molecule has 6 nitrogen and oxygen atoms in total. The van der Waals surface area contributed by atoms with Crippen molar-refractivity contribution in [3.05, 3.63) is 47.3 Å². The SMILES string of the molecule is CCOC(=O)C1CCN(C(=O)c2nn(-c3ccccc3)c3c2CCC3)CC1. The lowest BCUT2D eigenvalue weighted by molar-refractivity contribution is -0.149. The van der Waals surface area contributed by atoms with Gasteiger partial charge in [-0.2, -0.15) is 5.10 Å². The number of ether oxygens (including phenoxy) is 1. The molecule has 0 radical (unpaired) electrons. The van der Waals surface area contributed by atoms with E-state index in [1.807, 2.05) is 46.8 Å². The predicted octanol–water partition coefficient (Wildman–Crippen LogP) is 2.78. The van der Waals surface area contributed by atoms with Crippen molar-refractivity contribution in [2.24, 2.45) is 5.92 Å². The number of piperidine rings is 1. The number of amides is 1. The fourth-order valence-electron chi connectivity index (χ4n) is 4.12. The zero-order chi connectivity index (χ0) is 18.8. The Bertz CT molecular complexity index is 836. The molecule has 0 saturated carbocycles. The molecule has 0 bridgehead atoms. The first-order chi connectivity index (χ1) is 13.2. The maximum absolute atomic E-state index is 13.1. The summed E-state index contributed by atoms with van der Waals surface area (Å²) < 4.78 is 7.05. The molecule has 0 unspecified atom stereocenters. The molecule has 1 aromatic carbocycles. The number of rotatable bonds is 4. The van der Waals surface area contributed by atoms with Gasteiger partial charge in [-0.15, -0.1) is 0 Å². The van der Waals surface area contributed by atoms with E-state index in [0.717, 1.165) is 36.2 Å². The number of hydrogen-bond acceptors (Lipinski definition) is 4. The molecule has 1 amide bonds. The molecule has 0 spiro atoms. The molecule has 0 atom stereocenters. The number of nitrogens with zero attached hydrogens (tertiary/aromatic N) is 3. The van der Waals surface area contributed by atoms with Crippen LogP contribution < -0.4 is 0 Å². The Balaban J connectivity index is 1.53. The largest absolute Gasteiger partial charge is 0.466 e. The van der Waals surface area contributed by atoms with Crippen LogP contribution in [0.1, 0.15) is 47.9 Å². The number of carbonyl (C=O) groups is 2. The van der Waals surface area contributed by atoms with Crippen LogP contribution in [0.2, 0.25) is 0 Å². The van der Waals surface area contributed by atoms with Gasteiger partial charge in [-0.05, 0) is 51.2 Å². The molecule has 1 aliphatic carbocycles. The van der Waals surface area contributed by atoms with Crippen LogP contribution in [0, 0.1) is 5.92 Å². The summed E-state index contributed by atoms with van der Waals surface area (Å²) in [6.07, 6.45) is 4.24. The number of benzene rings is 1. The maximum Gasteiger partial charge on any atom is 0.309 e. The second-order valence-electron chi connectivity index (χ2n) is 7.19. The summed E-state index contributed by atoms with van der Waals surface area (Å²) >= 11 is 0. The van der Waals surface area contributed by atoms with E-state index < -0.39 is 0 Å². The number of aromatic nitrogens is 2. The van der Waals surface area contributed by atoms with Crippen molar-refractivity contribution in [2.45, 2.75) is 39.0 Å². The molecule has 6 heteroatoms. The number of esters is 1. The molecule has 1 fully saturated rings. The van der Waals surface area contributed by atoms with Crippen molar-refractivity contribution in [1.29, 1.82) is 0 Å². The first-order valence-corrected chi connectivity index (χ1v) is 9.81. The van der Waals surface area contributed by atoms with Gasteiger partial charge >= 0.3 is 5.97 Å². The van der Waals surface area contributed by atoms with Crippen molar-refractivity contribution in [3.8, 4) is 5.69 Å². The number of fused-ring (bicyclic) bond motifs is 1. The fraction of sp³-hybridized carbons (Fsp3) is 0.476. The average molecular weight is 367 g/mol. The quantitative estimate of drug-likeness (QED) is 0.780. The highest BCUT2D eigenvalue weighted by Crippen LogP contribution is 2.29. The molecular formula is C21H25N3O3. The number of likely N-dealkylation sites (tertiary alicyclic amines) is 1. The summed E-state index contributed by atoms with van der Waals surface area (Å²) in [5.74, 6) is -0.245. The van der Waals surface area contributed by atoms with E-state index in [0.29, 0.717) is 38.2 Å². The minimum absolute atomic E-state index is 0.00913. The van der Waals surface area contributed by atoms with Gasteiger partial charge in [0, 0.05) is 24.3 Å². The van der Waals surface area contributed by atoms with E-state index >= 15 is 0 Å². The zero-order valence-corrected chi connectivity index (χ0v) is 15.7. The second kappa shape index (κ2) is 7.55. The van der Waals surface area contributed by atoms with Gasteiger partial charge in [0.25, 0.3) is 5.91 Å². The Morgan fingerprint density at radius 2 is 1.89 bits per heavy atom. The lowest BCUT2D eigenvalue weighted by Crippen LogP contribution is -2.41. The van der Waals surface area contributed by atoms with Gasteiger partial charge in [0.1, 0.15) is 0 Å². The Hall–Kier alpha value is -2.63. The Morgan fingerprint density at radius 1 is 1.15 bits per heavy atom. The van der Waals surface area contributed by atoms with E-state index in [2.05, 4.69) is 0 Å². The first kappa shape index (κ1) is 17.8. The van der Waals surface area contributed by atoms with Crippen molar-refractivity contribution >= 4 is 11.9 Å². The molecule has 27 heavy (non-hydrogen) atoms. The Kier molecular flexibility index (Phi) is 4.97. The van der Waals surface area contributed by atoms with E-state index in [4.69, 9.17) is 9.84 Å². The van der Waals surface area contributed by atoms with Gasteiger partial charge in [-0.25, -0.2) is 4.68 Å². The summed E-state index contributed by atoms with van der Waals surface area (Å²) in [6.45, 7) is 3.38. The Morgan fingerprint density at radius 3 is 2.59 bits per heavy atom. The third kappa shape index (κ3) is 3.36. The van der Waals surface area contributed by atoms with Crippen molar-refractivity contribution in [2.75, 3.05) is 19.7 Å². The number of carbonyl (C=O) groups excluding carboxylic acids is 2. The van der Waals surface area contributed by atoms with Crippen LogP contribution in [0.5, 0.6) is 0 Å². The average Bonchev–Trinajstić information content (AvgIpc) is 3.31. The number of para-hydroxylation sites is 1. The van der Waals surface area contributed by atoms with Gasteiger partial charge in [-0.1, -0.05) is 18.2 Å². The van der Waals surface area contributed by atoms with Crippen LogP contribution >= 0.6 is 0 Å². The van der Waals surface area contributed by atoms with Crippen molar-refractivity contribution in [3.63, 3.8) is 0 Å². The van der Waals surface area contributed by atoms with Gasteiger partial charge < -0.3 is 9.64 Å². The van der Waals surface area contributed by atoms with Crippen LogP contribution in [-0.2, 0) is 22.4 Å². The molecule has 2 aromatic rings. The molecule has 2 aliphatic rings. The number of hydrogen-bond donors (Lipinski definition) is 0. The van der Waals surface area contributed by atoms with E-state index in [1.165, 1.54) is 0 Å². The summed E-state index contributed by atoms with van der Waals surface area (Å²) in [5, 5.41) is 4.69. The Labute approximate surface area is 159 Å². The third-order valence-electron chi connectivity index (χ3n) is 5.54. The van der Waals surface area contributed by atoms with Crippen LogP contribution in [0.15, 0.2) is 30.3 Å². The normalized spacial score (nSPS) is 17.0. The second-order valence-corrected chi connectivity index (χ2v) is 7.19. The lowest BCUT2D eigenvalue weighted by atomic mass is 9.96. The molecule has 2 heterocycles. The molecule has 4 rings (SSSR count). The maximum atomic E-state index is 13.1. The van der Waals surface area contributed by atoms with Gasteiger partial charge in [0.05, 0.1) is 18.2 Å². The molecule has 1 aromatic heterocycles. The minimum atomic E-state index is -0.140. The topological polar surface area (TPSA) is 64.4 Å². The molecule has 142 valence electrons. The highest BCUT2D eigenvalue weighted by molar-refractivity contribution is 5.94. The van der Waals surface area contributed by atoms with Crippen LogP contribution in [0.4, 0.5) is 0 Å². The van der Waals surface area contributed by atoms with E-state index in [-0.39, 0.29) is 17.8 Å². The monoisotopic (exact) mass is 367 g/mol. The lowest BCUT2D eigenvalue weighted by Gasteiger charge is -2.30. The highest BCUT2D eigenvalue weighted by Gasteiger charge is 2.33. The summed E-state index contributed by atoms with van der Waals surface area (Å²) in [7, 11) is 0. The summed E-state index contributed by atoms with van der Waals surface area (Å²) in [6, 6.07) is 9.99. The third-order valence-corrected chi connectivity index (χ3v) is 5.54. The van der Waals surface area contributed by atoms with Gasteiger partial charge in [0.15, 0.2) is 5.69 Å². The van der Waals surface area contributed by atoms with Crippen LogP contribution in [0.25, 0.3) is 5.69 Å². The van der Waals surface area contributed by atoms with Crippen molar-refractivity contribution in [1.82, 2.24) is 14.7 Å². The van der Waals surface area contributed by atoms with Crippen molar-refractivity contribution < 1.29 is 14.3 Å². The highest BCUT2D eigenvalue weighted by atomic mass is 16.5. The summed E-state index contributed by atoms with van der Waals surface area (Å²) in [5.41, 5.74) is 3.83. The standard InChI is InChI=1S/C21H25N3O3/c1-2-27-21(26)15-11-13-23(14-12-15)20(25)19-17-9-6-10-18(17)24(22-19)16-7-4-3-5-8-16/h3-5,7-8,15H,2,6,9-14H2,1H3. The first-order valence-electron chi connectivity index (χ1n) is 9.81. The van der Waals surface area contributed by atoms with Gasteiger partial charge in [-0.3, -0.25) is 9.59 Å². The van der Waals surface area contributed by atoms with E-state index in [9.17, 15) is 9.59 Å². The fourth-order valence-corrected chi connectivity index (χ4v) is 4.12. The predicted molar refractivity (Wildman–Crippen MR) is 101 cm³/mol. The smallest absolute Gasteiger partial charge is 0.309 e. The minimum Gasteiger partial charge on any atom is -0.466 e. The zero-order valence-electron chi connectivity index (χ0n) is 15.7. The molecular weight excluding hydrogens is 342 g/mol. The molecule has 0 N–H and O–H groups in total. The van der Waals surface area contributed by atoms with Gasteiger partial charge in [0.2, 0.25) is 0 Å². The van der Waals surface area contributed by atoms with E-state index in [1.54, 1.807) is 0 Å². The van der Waals surface area contributed by atoms with Crippen LogP contribution in [0.3, 0.4) is 0 Å². The molecule has 1 aliphatic heterocycles. The molecule has 1 saturated heterocycles. The van der Waals surface area contributed by atoms with Crippen LogP contribution in [-0.4, -0.2) is 46.3 Å². The summed E-state index contributed by atoms with van der Waals surface area (Å²) in [4.78, 5) is 26.9.